The van der Waals surface area contributed by atoms with Gasteiger partial charge in [0.2, 0.25) is 0 Å². The average Bonchev–Trinajstić information content (AvgIpc) is 2.73. The summed E-state index contributed by atoms with van der Waals surface area (Å²) in [7, 11) is 1.86. The molecule has 6 nitrogen and oxygen atoms in total. The molecule has 0 saturated carbocycles. The molecular formula is C14H19N5O. The van der Waals surface area contributed by atoms with Crippen molar-refractivity contribution in [3.63, 3.8) is 0 Å². The summed E-state index contributed by atoms with van der Waals surface area (Å²) in [4.78, 5) is 18.9. The Bertz CT molecular complexity index is 663. The number of hydrogen-bond donors (Lipinski definition) is 1. The van der Waals surface area contributed by atoms with Crippen LogP contribution in [0.5, 0.6) is 0 Å². The van der Waals surface area contributed by atoms with E-state index in [1.54, 1.807) is 10.9 Å². The zero-order chi connectivity index (χ0) is 14.3. The van der Waals surface area contributed by atoms with Crippen molar-refractivity contribution in [2.75, 3.05) is 19.6 Å². The maximum absolute atomic E-state index is 12.6. The van der Waals surface area contributed by atoms with Gasteiger partial charge in [0.15, 0.2) is 5.65 Å². The van der Waals surface area contributed by atoms with E-state index in [-0.39, 0.29) is 11.9 Å². The number of aromatic nitrogens is 3. The van der Waals surface area contributed by atoms with Crippen molar-refractivity contribution in [2.24, 2.45) is 7.05 Å². The first kappa shape index (κ1) is 13.1. The highest BCUT2D eigenvalue weighted by atomic mass is 16.2. The van der Waals surface area contributed by atoms with Crippen LogP contribution in [0.3, 0.4) is 0 Å². The SMILES string of the molecule is Cc1nn(C)c2ncc(C(=O)N3CCNC[C@@H]3C)cc12. The van der Waals surface area contributed by atoms with Gasteiger partial charge in [-0.05, 0) is 19.9 Å². The van der Waals surface area contributed by atoms with Gasteiger partial charge in [-0.3, -0.25) is 9.48 Å². The second-order valence-corrected chi connectivity index (χ2v) is 5.36. The summed E-state index contributed by atoms with van der Waals surface area (Å²) in [6.45, 7) is 6.42. The average molecular weight is 273 g/mol. The molecule has 1 amide bonds. The second-order valence-electron chi connectivity index (χ2n) is 5.36. The molecule has 1 aliphatic rings. The van der Waals surface area contributed by atoms with Crippen molar-refractivity contribution < 1.29 is 4.79 Å². The Labute approximate surface area is 117 Å². The van der Waals surface area contributed by atoms with Crippen LogP contribution in [-0.4, -0.2) is 51.2 Å². The Hall–Kier alpha value is -1.95. The molecule has 0 aromatic carbocycles. The highest BCUT2D eigenvalue weighted by Crippen LogP contribution is 2.18. The number of pyridine rings is 1. The summed E-state index contributed by atoms with van der Waals surface area (Å²) in [5.74, 6) is 0.0525. The van der Waals surface area contributed by atoms with Gasteiger partial charge in [-0.25, -0.2) is 4.98 Å². The lowest BCUT2D eigenvalue weighted by molar-refractivity contribution is 0.0655. The minimum Gasteiger partial charge on any atom is -0.333 e. The van der Waals surface area contributed by atoms with E-state index in [9.17, 15) is 4.79 Å². The van der Waals surface area contributed by atoms with E-state index in [2.05, 4.69) is 22.3 Å². The van der Waals surface area contributed by atoms with Gasteiger partial charge in [-0.15, -0.1) is 0 Å². The van der Waals surface area contributed by atoms with Crippen LogP contribution in [0.15, 0.2) is 12.3 Å². The molecule has 1 atom stereocenters. The van der Waals surface area contributed by atoms with E-state index in [0.717, 1.165) is 36.4 Å². The van der Waals surface area contributed by atoms with Crippen LogP contribution >= 0.6 is 0 Å². The van der Waals surface area contributed by atoms with E-state index in [4.69, 9.17) is 0 Å². The van der Waals surface area contributed by atoms with Crippen molar-refractivity contribution in [3.05, 3.63) is 23.5 Å². The van der Waals surface area contributed by atoms with Crippen molar-refractivity contribution >= 4 is 16.9 Å². The number of rotatable bonds is 1. The van der Waals surface area contributed by atoms with E-state index < -0.39 is 0 Å². The number of carbonyl (C=O) groups is 1. The van der Waals surface area contributed by atoms with E-state index in [1.165, 1.54) is 0 Å². The predicted molar refractivity (Wildman–Crippen MR) is 76.6 cm³/mol. The summed E-state index contributed by atoms with van der Waals surface area (Å²) < 4.78 is 1.74. The fourth-order valence-electron chi connectivity index (χ4n) is 2.73. The molecule has 6 heteroatoms. The standard InChI is InChI=1S/C14H19N5O/c1-9-7-15-4-5-19(9)14(20)11-6-12-10(2)17-18(3)13(12)16-8-11/h6,8-9,15H,4-5,7H2,1-3H3/t9-/m0/s1. The number of hydrogen-bond acceptors (Lipinski definition) is 4. The van der Waals surface area contributed by atoms with Gasteiger partial charge in [0.1, 0.15) is 0 Å². The number of nitrogens with zero attached hydrogens (tertiary/aromatic N) is 4. The molecule has 1 saturated heterocycles. The Morgan fingerprint density at radius 1 is 1.50 bits per heavy atom. The van der Waals surface area contributed by atoms with Crippen molar-refractivity contribution in [2.45, 2.75) is 19.9 Å². The summed E-state index contributed by atoms with van der Waals surface area (Å²) >= 11 is 0. The zero-order valence-corrected chi connectivity index (χ0v) is 12.1. The van der Waals surface area contributed by atoms with Crippen molar-refractivity contribution in [1.29, 1.82) is 0 Å². The molecule has 20 heavy (non-hydrogen) atoms. The van der Waals surface area contributed by atoms with Gasteiger partial charge in [-0.1, -0.05) is 0 Å². The molecule has 106 valence electrons. The van der Waals surface area contributed by atoms with Gasteiger partial charge in [0.05, 0.1) is 11.3 Å². The third-order valence-corrected chi connectivity index (χ3v) is 3.87. The van der Waals surface area contributed by atoms with Gasteiger partial charge in [-0.2, -0.15) is 5.10 Å². The summed E-state index contributed by atoms with van der Waals surface area (Å²) in [6, 6.07) is 2.11. The first-order chi connectivity index (χ1) is 9.58. The van der Waals surface area contributed by atoms with Crippen molar-refractivity contribution in [1.82, 2.24) is 25.0 Å². The van der Waals surface area contributed by atoms with Crippen LogP contribution in [0.25, 0.3) is 11.0 Å². The topological polar surface area (TPSA) is 63.1 Å². The Morgan fingerprint density at radius 2 is 2.30 bits per heavy atom. The molecule has 1 fully saturated rings. The van der Waals surface area contributed by atoms with Crippen LogP contribution in [0.2, 0.25) is 0 Å². The molecule has 3 rings (SSSR count). The van der Waals surface area contributed by atoms with Crippen LogP contribution in [0.1, 0.15) is 23.0 Å². The highest BCUT2D eigenvalue weighted by Gasteiger charge is 2.24. The predicted octanol–water partition coefficient (Wildman–Crippen LogP) is 0.711. The third kappa shape index (κ3) is 2.06. The molecule has 0 unspecified atom stereocenters. The fourth-order valence-corrected chi connectivity index (χ4v) is 2.73. The molecular weight excluding hydrogens is 254 g/mol. The quantitative estimate of drug-likeness (QED) is 0.831. The van der Waals surface area contributed by atoms with Crippen LogP contribution in [-0.2, 0) is 7.05 Å². The lowest BCUT2D eigenvalue weighted by Gasteiger charge is -2.33. The molecule has 3 heterocycles. The van der Waals surface area contributed by atoms with Gasteiger partial charge in [0, 0.05) is 44.3 Å². The van der Waals surface area contributed by atoms with E-state index in [0.29, 0.717) is 5.56 Å². The summed E-state index contributed by atoms with van der Waals surface area (Å²) in [6.07, 6.45) is 1.65. The fraction of sp³-hybridized carbons (Fsp3) is 0.500. The van der Waals surface area contributed by atoms with Gasteiger partial charge >= 0.3 is 0 Å². The van der Waals surface area contributed by atoms with Crippen LogP contribution < -0.4 is 5.32 Å². The number of aryl methyl sites for hydroxylation is 2. The smallest absolute Gasteiger partial charge is 0.255 e. The zero-order valence-electron chi connectivity index (χ0n) is 12.1. The minimum absolute atomic E-state index is 0.0525. The Balaban J connectivity index is 1.97. The normalized spacial score (nSPS) is 19.6. The molecule has 2 aromatic heterocycles. The second kappa shape index (κ2) is 4.86. The Kier molecular flexibility index (Phi) is 3.17. The van der Waals surface area contributed by atoms with E-state index in [1.807, 2.05) is 24.9 Å². The van der Waals surface area contributed by atoms with Gasteiger partial charge in [0.25, 0.3) is 5.91 Å². The molecule has 0 bridgehead atoms. The highest BCUT2D eigenvalue weighted by molar-refractivity contribution is 5.97. The van der Waals surface area contributed by atoms with Crippen LogP contribution in [0.4, 0.5) is 0 Å². The Morgan fingerprint density at radius 3 is 3.05 bits per heavy atom. The number of fused-ring (bicyclic) bond motifs is 1. The van der Waals surface area contributed by atoms with Gasteiger partial charge < -0.3 is 10.2 Å². The number of carbonyl (C=O) groups excluding carboxylic acids is 1. The molecule has 1 aliphatic heterocycles. The molecule has 2 aromatic rings. The lowest BCUT2D eigenvalue weighted by Crippen LogP contribution is -2.52. The first-order valence-electron chi connectivity index (χ1n) is 6.89. The first-order valence-corrected chi connectivity index (χ1v) is 6.89. The minimum atomic E-state index is 0.0525. The largest absolute Gasteiger partial charge is 0.333 e. The molecule has 0 aliphatic carbocycles. The van der Waals surface area contributed by atoms with E-state index >= 15 is 0 Å². The summed E-state index contributed by atoms with van der Waals surface area (Å²) in [5.41, 5.74) is 2.35. The lowest BCUT2D eigenvalue weighted by atomic mass is 10.1. The number of amides is 1. The molecule has 1 N–H and O–H groups in total. The third-order valence-electron chi connectivity index (χ3n) is 3.87. The maximum Gasteiger partial charge on any atom is 0.255 e. The monoisotopic (exact) mass is 273 g/mol. The van der Waals surface area contributed by atoms with Crippen LogP contribution in [0, 0.1) is 6.92 Å². The summed E-state index contributed by atoms with van der Waals surface area (Å²) in [5, 5.41) is 8.57. The number of piperazine rings is 1. The molecule has 0 radical (unpaired) electrons. The number of nitrogens with one attached hydrogen (secondary N) is 1. The van der Waals surface area contributed by atoms with Crippen molar-refractivity contribution in [3.8, 4) is 0 Å². The molecule has 0 spiro atoms. The maximum atomic E-state index is 12.6.